The number of hydrazone groups is 1. The summed E-state index contributed by atoms with van der Waals surface area (Å²) in [7, 11) is 0. The van der Waals surface area contributed by atoms with Crippen molar-refractivity contribution in [2.24, 2.45) is 5.10 Å². The van der Waals surface area contributed by atoms with Gasteiger partial charge in [-0.1, -0.05) is 42.5 Å². The number of fused-ring (bicyclic) bond motifs is 1. The zero-order valence-electron chi connectivity index (χ0n) is 18.0. The molecule has 0 saturated carbocycles. The maximum Gasteiger partial charge on any atom is 0.271 e. The SMILES string of the molecule is Cc1ccc([N+](=O)[O-])cc1-n1c(C)cc(/C=N\NC(=O)c2cccc3ccccc23)c1C. The van der Waals surface area contributed by atoms with Crippen LogP contribution < -0.4 is 5.43 Å². The quantitative estimate of drug-likeness (QED) is 0.269. The van der Waals surface area contributed by atoms with Crippen molar-refractivity contribution >= 4 is 28.6 Å². The molecule has 0 bridgehead atoms. The second-order valence-corrected chi connectivity index (χ2v) is 7.62. The van der Waals surface area contributed by atoms with E-state index >= 15 is 0 Å². The highest BCUT2D eigenvalue weighted by Gasteiger charge is 2.15. The first kappa shape index (κ1) is 21.0. The lowest BCUT2D eigenvalue weighted by molar-refractivity contribution is -0.384. The van der Waals surface area contributed by atoms with E-state index in [1.165, 1.54) is 6.07 Å². The maximum absolute atomic E-state index is 12.7. The minimum Gasteiger partial charge on any atom is -0.317 e. The summed E-state index contributed by atoms with van der Waals surface area (Å²) in [6, 6.07) is 20.0. The van der Waals surface area contributed by atoms with E-state index < -0.39 is 4.92 Å². The summed E-state index contributed by atoms with van der Waals surface area (Å²) < 4.78 is 1.95. The molecule has 7 nitrogen and oxygen atoms in total. The Bertz CT molecular complexity index is 1380. The van der Waals surface area contributed by atoms with Crippen LogP contribution in [0.15, 0.2) is 71.8 Å². The van der Waals surface area contributed by atoms with Gasteiger partial charge < -0.3 is 4.57 Å². The molecule has 0 aliphatic rings. The zero-order chi connectivity index (χ0) is 22.8. The Labute approximate surface area is 185 Å². The number of hydrogen-bond donors (Lipinski definition) is 1. The first-order valence-electron chi connectivity index (χ1n) is 10.1. The van der Waals surface area contributed by atoms with Gasteiger partial charge in [-0.25, -0.2) is 5.43 Å². The Balaban J connectivity index is 1.61. The highest BCUT2D eigenvalue weighted by molar-refractivity contribution is 6.07. The molecule has 3 aromatic carbocycles. The summed E-state index contributed by atoms with van der Waals surface area (Å²) in [6.07, 6.45) is 1.59. The lowest BCUT2D eigenvalue weighted by atomic mass is 10.0. The van der Waals surface area contributed by atoms with Gasteiger partial charge in [-0.2, -0.15) is 5.10 Å². The van der Waals surface area contributed by atoms with E-state index in [9.17, 15) is 14.9 Å². The van der Waals surface area contributed by atoms with Gasteiger partial charge in [-0.15, -0.1) is 0 Å². The monoisotopic (exact) mass is 426 g/mol. The highest BCUT2D eigenvalue weighted by Crippen LogP contribution is 2.26. The maximum atomic E-state index is 12.7. The number of benzene rings is 3. The van der Waals surface area contributed by atoms with E-state index in [2.05, 4.69) is 10.5 Å². The summed E-state index contributed by atoms with van der Waals surface area (Å²) in [6.45, 7) is 5.76. The van der Waals surface area contributed by atoms with Gasteiger partial charge in [-0.3, -0.25) is 14.9 Å². The van der Waals surface area contributed by atoms with Gasteiger partial charge >= 0.3 is 0 Å². The third-order valence-electron chi connectivity index (χ3n) is 5.52. The van der Waals surface area contributed by atoms with Gasteiger partial charge in [-0.05, 0) is 49.2 Å². The fourth-order valence-corrected chi connectivity index (χ4v) is 3.89. The van der Waals surface area contributed by atoms with Crippen molar-refractivity contribution in [1.29, 1.82) is 0 Å². The number of nitro groups is 1. The number of nitrogens with zero attached hydrogens (tertiary/aromatic N) is 3. The molecule has 7 heteroatoms. The number of amides is 1. The summed E-state index contributed by atoms with van der Waals surface area (Å²) in [5.41, 5.74) is 7.45. The first-order chi connectivity index (χ1) is 15.4. The van der Waals surface area contributed by atoms with Crippen LogP contribution in [0.4, 0.5) is 5.69 Å². The molecule has 1 N–H and O–H groups in total. The lowest BCUT2D eigenvalue weighted by Gasteiger charge is -2.12. The van der Waals surface area contributed by atoms with Crippen LogP contribution in [-0.4, -0.2) is 21.6 Å². The Morgan fingerprint density at radius 3 is 2.56 bits per heavy atom. The largest absolute Gasteiger partial charge is 0.317 e. The van der Waals surface area contributed by atoms with Crippen LogP contribution in [0.5, 0.6) is 0 Å². The second kappa shape index (κ2) is 8.47. The molecular weight excluding hydrogens is 404 g/mol. The molecule has 4 rings (SSSR count). The van der Waals surface area contributed by atoms with Crippen molar-refractivity contribution in [2.75, 3.05) is 0 Å². The number of nitrogens with one attached hydrogen (secondary N) is 1. The molecule has 0 aliphatic heterocycles. The average molecular weight is 426 g/mol. The fraction of sp³-hybridized carbons (Fsp3) is 0.120. The van der Waals surface area contributed by atoms with E-state index in [0.717, 1.165) is 39.0 Å². The van der Waals surface area contributed by atoms with E-state index in [-0.39, 0.29) is 11.6 Å². The molecule has 0 saturated heterocycles. The van der Waals surface area contributed by atoms with Crippen molar-refractivity contribution < 1.29 is 9.72 Å². The molecule has 0 fully saturated rings. The number of non-ortho nitro benzene ring substituents is 1. The minimum atomic E-state index is -0.401. The molecule has 0 aliphatic carbocycles. The van der Waals surface area contributed by atoms with Gasteiger partial charge in [0.2, 0.25) is 0 Å². The van der Waals surface area contributed by atoms with Crippen LogP contribution in [0, 0.1) is 30.9 Å². The van der Waals surface area contributed by atoms with Crippen molar-refractivity contribution in [3.63, 3.8) is 0 Å². The highest BCUT2D eigenvalue weighted by atomic mass is 16.6. The lowest BCUT2D eigenvalue weighted by Crippen LogP contribution is -2.18. The number of rotatable bonds is 5. The minimum absolute atomic E-state index is 0.0377. The summed E-state index contributed by atoms with van der Waals surface area (Å²) in [4.78, 5) is 23.5. The number of carbonyl (C=O) groups is 1. The molecule has 0 unspecified atom stereocenters. The first-order valence-corrected chi connectivity index (χ1v) is 10.1. The van der Waals surface area contributed by atoms with Crippen LogP contribution >= 0.6 is 0 Å². The molecule has 0 atom stereocenters. The van der Waals surface area contributed by atoms with Crippen molar-refractivity contribution in [1.82, 2.24) is 9.99 Å². The number of aryl methyl sites for hydroxylation is 2. The Hall–Kier alpha value is -4.26. The number of nitro benzene ring substituents is 1. The van der Waals surface area contributed by atoms with Gasteiger partial charge in [0.05, 0.1) is 16.8 Å². The van der Waals surface area contributed by atoms with E-state index in [1.807, 2.05) is 67.8 Å². The average Bonchev–Trinajstić information content (AvgIpc) is 3.06. The van der Waals surface area contributed by atoms with Gasteiger partial charge in [0.25, 0.3) is 11.6 Å². The van der Waals surface area contributed by atoms with Crippen molar-refractivity contribution in [3.8, 4) is 5.69 Å². The van der Waals surface area contributed by atoms with Crippen LogP contribution in [-0.2, 0) is 0 Å². The van der Waals surface area contributed by atoms with Crippen LogP contribution in [0.1, 0.15) is 32.9 Å². The van der Waals surface area contributed by atoms with Crippen molar-refractivity contribution in [2.45, 2.75) is 20.8 Å². The summed E-state index contributed by atoms with van der Waals surface area (Å²) in [5, 5.41) is 17.2. The fourth-order valence-electron chi connectivity index (χ4n) is 3.89. The molecule has 4 aromatic rings. The standard InChI is InChI=1S/C25H22N4O3/c1-16-11-12-21(29(31)32)14-24(16)28-17(2)13-20(18(28)3)15-26-27-25(30)23-10-6-8-19-7-4-5-9-22(19)23/h4-15H,1-3H3,(H,27,30)/b26-15-. The molecule has 1 amide bonds. The molecule has 0 radical (unpaired) electrons. The molecule has 32 heavy (non-hydrogen) atoms. The van der Waals surface area contributed by atoms with Gasteiger partial charge in [0, 0.05) is 34.6 Å². The zero-order valence-corrected chi connectivity index (χ0v) is 18.0. The molecular formula is C25H22N4O3. The van der Waals surface area contributed by atoms with Crippen LogP contribution in [0.3, 0.4) is 0 Å². The predicted octanol–water partition coefficient (Wildman–Crippen LogP) is 5.23. The van der Waals surface area contributed by atoms with E-state index in [4.69, 9.17) is 0 Å². The smallest absolute Gasteiger partial charge is 0.271 e. The molecule has 1 heterocycles. The van der Waals surface area contributed by atoms with Gasteiger partial charge in [0.1, 0.15) is 0 Å². The second-order valence-electron chi connectivity index (χ2n) is 7.62. The molecule has 160 valence electrons. The summed E-state index contributed by atoms with van der Waals surface area (Å²) in [5.74, 6) is -0.290. The summed E-state index contributed by atoms with van der Waals surface area (Å²) >= 11 is 0. The Morgan fingerprint density at radius 1 is 1.03 bits per heavy atom. The van der Waals surface area contributed by atoms with Crippen LogP contribution in [0.2, 0.25) is 0 Å². The Morgan fingerprint density at radius 2 is 1.78 bits per heavy atom. The number of carbonyl (C=O) groups excluding carboxylic acids is 1. The molecule has 0 spiro atoms. The third-order valence-corrected chi connectivity index (χ3v) is 5.52. The van der Waals surface area contributed by atoms with Gasteiger partial charge in [0.15, 0.2) is 0 Å². The topological polar surface area (TPSA) is 89.5 Å². The third kappa shape index (κ3) is 3.88. The number of hydrogen-bond acceptors (Lipinski definition) is 4. The van der Waals surface area contributed by atoms with Crippen molar-refractivity contribution in [3.05, 3.63) is 105 Å². The van der Waals surface area contributed by atoms with Crippen LogP contribution in [0.25, 0.3) is 16.5 Å². The predicted molar refractivity (Wildman–Crippen MR) is 126 cm³/mol. The normalized spacial score (nSPS) is 11.2. The Kier molecular flexibility index (Phi) is 5.55. The number of aromatic nitrogens is 1. The molecule has 1 aromatic heterocycles. The van der Waals surface area contributed by atoms with E-state index in [0.29, 0.717) is 5.56 Å². The van der Waals surface area contributed by atoms with E-state index in [1.54, 1.807) is 24.4 Å².